The number of aliphatic carboxylic acids is 1. The minimum absolute atomic E-state index is 0.0257. The van der Waals surface area contributed by atoms with Crippen molar-refractivity contribution in [2.75, 3.05) is 0 Å². The fourth-order valence-corrected chi connectivity index (χ4v) is 1.87. The van der Waals surface area contributed by atoms with Crippen molar-refractivity contribution in [1.29, 1.82) is 0 Å². The van der Waals surface area contributed by atoms with Crippen LogP contribution in [0, 0.1) is 0 Å². The number of hydrogen-bond donors (Lipinski definition) is 1. The van der Waals surface area contributed by atoms with E-state index in [4.69, 9.17) is 5.11 Å². The van der Waals surface area contributed by atoms with Crippen molar-refractivity contribution in [3.8, 4) is 5.75 Å². The van der Waals surface area contributed by atoms with Crippen LogP contribution in [0.15, 0.2) is 6.07 Å². The number of halogens is 7. The minimum atomic E-state index is -5.26. The fourth-order valence-electron chi connectivity index (χ4n) is 1.41. The summed E-state index contributed by atoms with van der Waals surface area (Å²) in [5, 5.41) is 8.27. The number of pyridine rings is 1. The number of aromatic nitrogens is 1. The molecule has 0 radical (unpaired) electrons. The van der Waals surface area contributed by atoms with Crippen molar-refractivity contribution in [2.45, 2.75) is 24.3 Å². The molecule has 0 spiro atoms. The quantitative estimate of drug-likeness (QED) is 0.640. The largest absolute Gasteiger partial charge is 0.573 e. The van der Waals surface area contributed by atoms with E-state index < -0.39 is 47.6 Å². The van der Waals surface area contributed by atoms with E-state index in [2.05, 4.69) is 25.7 Å². The SMILES string of the molecule is O=C(O)Cc1c(OC(F)(F)F)cc(C(F)(F)F)nc1CBr. The summed E-state index contributed by atoms with van der Waals surface area (Å²) in [4.78, 5) is 13.8. The zero-order chi connectivity index (χ0) is 16.4. The fraction of sp³-hybridized carbons (Fsp3) is 0.400. The molecule has 0 aliphatic rings. The highest BCUT2D eigenvalue weighted by atomic mass is 79.9. The van der Waals surface area contributed by atoms with Crippen molar-refractivity contribution >= 4 is 21.9 Å². The molecule has 0 unspecified atom stereocenters. The lowest BCUT2D eigenvalue weighted by molar-refractivity contribution is -0.275. The van der Waals surface area contributed by atoms with Crippen LogP contribution in [0.3, 0.4) is 0 Å². The molecule has 118 valence electrons. The molecule has 0 aliphatic heterocycles. The topological polar surface area (TPSA) is 59.4 Å². The van der Waals surface area contributed by atoms with Gasteiger partial charge in [0, 0.05) is 17.0 Å². The molecule has 11 heteroatoms. The van der Waals surface area contributed by atoms with Crippen LogP contribution in [0.25, 0.3) is 0 Å². The maximum Gasteiger partial charge on any atom is 0.573 e. The number of carboxylic acid groups (broad SMARTS) is 1. The zero-order valence-corrected chi connectivity index (χ0v) is 11.4. The Kier molecular flexibility index (Phi) is 5.07. The van der Waals surface area contributed by atoms with Crippen LogP contribution >= 0.6 is 15.9 Å². The molecular formula is C10H6BrF6NO3. The van der Waals surface area contributed by atoms with Gasteiger partial charge in [0.25, 0.3) is 0 Å². The molecule has 4 nitrogen and oxygen atoms in total. The molecule has 0 aromatic carbocycles. The third-order valence-electron chi connectivity index (χ3n) is 2.14. The van der Waals surface area contributed by atoms with Crippen molar-refractivity contribution in [2.24, 2.45) is 0 Å². The van der Waals surface area contributed by atoms with Crippen LogP contribution in [0.1, 0.15) is 17.0 Å². The summed E-state index contributed by atoms with van der Waals surface area (Å²) in [7, 11) is 0. The van der Waals surface area contributed by atoms with E-state index in [0.29, 0.717) is 0 Å². The van der Waals surface area contributed by atoms with E-state index in [1.807, 2.05) is 0 Å². The van der Waals surface area contributed by atoms with Crippen LogP contribution in [-0.2, 0) is 22.7 Å². The molecule has 0 saturated heterocycles. The summed E-state index contributed by atoms with van der Waals surface area (Å²) in [6.07, 6.45) is -11.2. The second-order valence-electron chi connectivity index (χ2n) is 3.68. The Morgan fingerprint density at radius 2 is 1.86 bits per heavy atom. The maximum absolute atomic E-state index is 12.6. The van der Waals surface area contributed by atoms with E-state index >= 15 is 0 Å². The number of carbonyl (C=O) groups is 1. The number of ether oxygens (including phenoxy) is 1. The lowest BCUT2D eigenvalue weighted by Crippen LogP contribution is -2.21. The van der Waals surface area contributed by atoms with E-state index in [1.165, 1.54) is 0 Å². The van der Waals surface area contributed by atoms with Crippen LogP contribution in [-0.4, -0.2) is 22.4 Å². The van der Waals surface area contributed by atoms with Gasteiger partial charge in [-0.2, -0.15) is 13.2 Å². The molecule has 1 rings (SSSR count). The van der Waals surface area contributed by atoms with Gasteiger partial charge >= 0.3 is 18.5 Å². The average Bonchev–Trinajstić information content (AvgIpc) is 2.27. The highest BCUT2D eigenvalue weighted by Crippen LogP contribution is 2.36. The molecule has 1 aromatic heterocycles. The first-order valence-corrected chi connectivity index (χ1v) is 6.19. The predicted molar refractivity (Wildman–Crippen MR) is 59.9 cm³/mol. The standard InChI is InChI=1S/C10H6BrF6NO3/c11-3-5-4(1-8(19)20)6(21-10(15,16)17)2-7(18-5)9(12,13)14/h2H,1,3H2,(H,19,20). The average molecular weight is 382 g/mol. The van der Waals surface area contributed by atoms with Gasteiger partial charge in [0.2, 0.25) is 0 Å². The number of nitrogens with zero attached hydrogens (tertiary/aromatic N) is 1. The zero-order valence-electron chi connectivity index (χ0n) is 9.85. The predicted octanol–water partition coefficient (Wildman–Crippen LogP) is 3.52. The van der Waals surface area contributed by atoms with Gasteiger partial charge in [-0.1, -0.05) is 15.9 Å². The molecule has 0 atom stereocenters. The summed E-state index contributed by atoms with van der Waals surface area (Å²) in [6.45, 7) is 0. The van der Waals surface area contributed by atoms with Gasteiger partial charge in [-0.3, -0.25) is 4.79 Å². The molecular weight excluding hydrogens is 376 g/mol. The van der Waals surface area contributed by atoms with Crippen LogP contribution in [0.2, 0.25) is 0 Å². The van der Waals surface area contributed by atoms with Gasteiger partial charge < -0.3 is 9.84 Å². The molecule has 0 amide bonds. The van der Waals surface area contributed by atoms with Gasteiger partial charge in [-0.05, 0) is 0 Å². The Hall–Kier alpha value is -1.52. The van der Waals surface area contributed by atoms with Gasteiger partial charge in [0.1, 0.15) is 11.4 Å². The van der Waals surface area contributed by atoms with Crippen LogP contribution in [0.4, 0.5) is 26.3 Å². The second-order valence-corrected chi connectivity index (χ2v) is 4.24. The molecule has 21 heavy (non-hydrogen) atoms. The smallest absolute Gasteiger partial charge is 0.481 e. The number of rotatable bonds is 4. The first kappa shape index (κ1) is 17.5. The van der Waals surface area contributed by atoms with Gasteiger partial charge in [0.15, 0.2) is 0 Å². The summed E-state index contributed by atoms with van der Waals surface area (Å²) in [6, 6.07) is 0.0257. The van der Waals surface area contributed by atoms with Crippen LogP contribution in [0.5, 0.6) is 5.75 Å². The molecule has 0 aliphatic carbocycles. The van der Waals surface area contributed by atoms with Crippen molar-refractivity contribution in [3.05, 3.63) is 23.0 Å². The normalized spacial score (nSPS) is 12.3. The summed E-state index contributed by atoms with van der Waals surface area (Å²) >= 11 is 2.75. The number of carboxylic acids is 1. The van der Waals surface area contributed by atoms with Crippen molar-refractivity contribution in [3.63, 3.8) is 0 Å². The lowest BCUT2D eigenvalue weighted by atomic mass is 10.1. The molecule has 0 fully saturated rings. The van der Waals surface area contributed by atoms with E-state index in [9.17, 15) is 31.1 Å². The molecule has 1 heterocycles. The van der Waals surface area contributed by atoms with Crippen molar-refractivity contribution < 1.29 is 41.0 Å². The van der Waals surface area contributed by atoms with Crippen molar-refractivity contribution in [1.82, 2.24) is 4.98 Å². The highest BCUT2D eigenvalue weighted by Gasteiger charge is 2.38. The van der Waals surface area contributed by atoms with E-state index in [1.54, 1.807) is 0 Å². The molecule has 0 saturated carbocycles. The summed E-state index contributed by atoms with van der Waals surface area (Å²) in [5.74, 6) is -2.77. The third-order valence-corrected chi connectivity index (χ3v) is 2.67. The molecule has 1 N–H and O–H groups in total. The Morgan fingerprint density at radius 1 is 1.29 bits per heavy atom. The third kappa shape index (κ3) is 5.06. The van der Waals surface area contributed by atoms with Gasteiger partial charge in [-0.25, -0.2) is 4.98 Å². The van der Waals surface area contributed by atoms with E-state index in [-0.39, 0.29) is 11.4 Å². The summed E-state index contributed by atoms with van der Waals surface area (Å²) in [5.41, 5.74) is -2.68. The molecule has 1 aromatic rings. The number of hydrogen-bond acceptors (Lipinski definition) is 3. The first-order valence-electron chi connectivity index (χ1n) is 5.07. The summed E-state index contributed by atoms with van der Waals surface area (Å²) < 4.78 is 77.9. The first-order chi connectivity index (χ1) is 9.44. The number of alkyl halides is 7. The Balaban J connectivity index is 3.48. The minimum Gasteiger partial charge on any atom is -0.481 e. The molecule has 0 bridgehead atoms. The lowest BCUT2D eigenvalue weighted by Gasteiger charge is -2.17. The van der Waals surface area contributed by atoms with E-state index in [0.717, 1.165) is 0 Å². The van der Waals surface area contributed by atoms with Crippen LogP contribution < -0.4 is 4.74 Å². The highest BCUT2D eigenvalue weighted by molar-refractivity contribution is 9.08. The van der Waals surface area contributed by atoms with Gasteiger partial charge in [-0.15, -0.1) is 13.2 Å². The maximum atomic E-state index is 12.6. The monoisotopic (exact) mass is 381 g/mol. The van der Waals surface area contributed by atoms with Gasteiger partial charge in [0.05, 0.1) is 12.1 Å². The Bertz CT molecular complexity index is 543. The Labute approximate surface area is 121 Å². The Morgan fingerprint density at radius 3 is 2.24 bits per heavy atom. The second kappa shape index (κ2) is 6.08.